The van der Waals surface area contributed by atoms with Gasteiger partial charge in [0.05, 0.1) is 12.0 Å². The van der Waals surface area contributed by atoms with Gasteiger partial charge in [0.2, 0.25) is 0 Å². The summed E-state index contributed by atoms with van der Waals surface area (Å²) in [5, 5.41) is 11.0. The van der Waals surface area contributed by atoms with Crippen LogP contribution in [0.2, 0.25) is 0 Å². The van der Waals surface area contributed by atoms with Gasteiger partial charge in [-0.25, -0.2) is 0 Å². The maximum absolute atomic E-state index is 11.0. The lowest BCUT2D eigenvalue weighted by atomic mass is 10.1. The van der Waals surface area contributed by atoms with Crippen LogP contribution in [0.25, 0.3) is 0 Å². The van der Waals surface area contributed by atoms with E-state index in [-0.39, 0.29) is 18.6 Å². The highest BCUT2D eigenvalue weighted by Crippen LogP contribution is 2.06. The van der Waals surface area contributed by atoms with Gasteiger partial charge in [-0.2, -0.15) is 0 Å². The highest BCUT2D eigenvalue weighted by molar-refractivity contribution is 6.00. The highest BCUT2D eigenvalue weighted by atomic mass is 16.4. The Morgan fingerprint density at radius 1 is 1.22 bits per heavy atom. The summed E-state index contributed by atoms with van der Waals surface area (Å²) in [6, 6.07) is 8.28. The summed E-state index contributed by atoms with van der Waals surface area (Å²) in [6.07, 6.45) is 0.455. The van der Waals surface area contributed by atoms with Crippen LogP contribution in [0, 0.1) is 0 Å². The van der Waals surface area contributed by atoms with Gasteiger partial charge < -0.3 is 9.90 Å². The predicted molar refractivity (Wildman–Crippen MR) is 67.3 cm³/mol. The maximum Gasteiger partial charge on any atom is 0.135 e. The standard InChI is InChI=1S/C14H17NO3/c1-10(8-11(2)16)15-13(14(17)18)9-12-6-4-3-5-7-12/h3-7,13H,8-9H2,1-2H3,(H,17,18)/p-1/t13-/m1/s1. The van der Waals surface area contributed by atoms with E-state index < -0.39 is 12.0 Å². The zero-order valence-electron chi connectivity index (χ0n) is 10.6. The van der Waals surface area contributed by atoms with E-state index in [1.54, 1.807) is 6.92 Å². The average molecular weight is 246 g/mol. The fraction of sp³-hybridized carbons (Fsp3) is 0.357. The van der Waals surface area contributed by atoms with E-state index in [0.717, 1.165) is 5.56 Å². The first-order valence-electron chi connectivity index (χ1n) is 5.76. The van der Waals surface area contributed by atoms with Crippen molar-refractivity contribution in [1.29, 1.82) is 0 Å². The molecule has 96 valence electrons. The molecule has 4 nitrogen and oxygen atoms in total. The van der Waals surface area contributed by atoms with E-state index in [0.29, 0.717) is 5.71 Å². The first-order valence-corrected chi connectivity index (χ1v) is 5.76. The topological polar surface area (TPSA) is 69.6 Å². The number of ketones is 1. The third-order valence-corrected chi connectivity index (χ3v) is 2.42. The number of aliphatic carboxylic acids is 1. The van der Waals surface area contributed by atoms with E-state index in [2.05, 4.69) is 4.99 Å². The quantitative estimate of drug-likeness (QED) is 0.697. The number of aliphatic imine (C=N–C) groups is 1. The lowest BCUT2D eigenvalue weighted by Gasteiger charge is -2.15. The summed E-state index contributed by atoms with van der Waals surface area (Å²) in [5.41, 5.74) is 1.40. The summed E-state index contributed by atoms with van der Waals surface area (Å²) in [4.78, 5) is 26.0. The van der Waals surface area contributed by atoms with Gasteiger partial charge in [-0.05, 0) is 19.4 Å². The Bertz CT molecular complexity index is 451. The zero-order chi connectivity index (χ0) is 13.5. The first-order chi connectivity index (χ1) is 8.49. The molecule has 18 heavy (non-hydrogen) atoms. The molecule has 0 radical (unpaired) electrons. The summed E-state index contributed by atoms with van der Waals surface area (Å²) in [5.74, 6) is -1.25. The van der Waals surface area contributed by atoms with Crippen molar-refractivity contribution in [3.8, 4) is 0 Å². The molecule has 0 aliphatic heterocycles. The zero-order valence-corrected chi connectivity index (χ0v) is 10.6. The molecule has 1 rings (SSSR count). The second-order valence-electron chi connectivity index (χ2n) is 4.27. The van der Waals surface area contributed by atoms with Crippen molar-refractivity contribution >= 4 is 17.5 Å². The van der Waals surface area contributed by atoms with Gasteiger partial charge in [-0.15, -0.1) is 0 Å². The normalized spacial score (nSPS) is 13.1. The van der Waals surface area contributed by atoms with E-state index >= 15 is 0 Å². The van der Waals surface area contributed by atoms with Crippen LogP contribution in [0.4, 0.5) is 0 Å². The van der Waals surface area contributed by atoms with Crippen molar-refractivity contribution < 1.29 is 14.7 Å². The predicted octanol–water partition coefficient (Wildman–Crippen LogP) is 0.788. The first kappa shape index (κ1) is 14.1. The van der Waals surface area contributed by atoms with E-state index in [9.17, 15) is 14.7 Å². The number of hydrogen-bond donors (Lipinski definition) is 0. The van der Waals surface area contributed by atoms with Gasteiger partial charge in [0.25, 0.3) is 0 Å². The van der Waals surface area contributed by atoms with Crippen molar-refractivity contribution in [3.63, 3.8) is 0 Å². The van der Waals surface area contributed by atoms with Gasteiger partial charge in [0.1, 0.15) is 5.78 Å². The van der Waals surface area contributed by atoms with Crippen molar-refractivity contribution in [1.82, 2.24) is 0 Å². The number of Topliss-reactive ketones (excluding diaryl/α,β-unsaturated/α-hetero) is 1. The van der Waals surface area contributed by atoms with Gasteiger partial charge in [0, 0.05) is 18.6 Å². The molecule has 0 aliphatic carbocycles. The van der Waals surface area contributed by atoms with E-state index in [1.165, 1.54) is 6.92 Å². The number of rotatable bonds is 6. The SMILES string of the molecule is CC(=O)CC(C)=N[C@H](Cc1ccccc1)C(=O)[O-]. The molecular weight excluding hydrogens is 230 g/mol. The number of benzene rings is 1. The van der Waals surface area contributed by atoms with Crippen LogP contribution in [-0.2, 0) is 16.0 Å². The summed E-state index contributed by atoms with van der Waals surface area (Å²) in [6.45, 7) is 3.10. The minimum atomic E-state index is -1.22. The largest absolute Gasteiger partial charge is 0.548 e. The van der Waals surface area contributed by atoms with Gasteiger partial charge in [0.15, 0.2) is 0 Å². The van der Waals surface area contributed by atoms with Crippen molar-refractivity contribution in [3.05, 3.63) is 35.9 Å². The molecule has 0 amide bonds. The van der Waals surface area contributed by atoms with Gasteiger partial charge >= 0.3 is 0 Å². The van der Waals surface area contributed by atoms with Crippen LogP contribution in [0.5, 0.6) is 0 Å². The number of carbonyl (C=O) groups excluding carboxylic acids is 2. The molecule has 0 aromatic heterocycles. The number of nitrogens with zero attached hydrogens (tertiary/aromatic N) is 1. The molecule has 0 heterocycles. The second-order valence-corrected chi connectivity index (χ2v) is 4.27. The Morgan fingerprint density at radius 3 is 2.33 bits per heavy atom. The highest BCUT2D eigenvalue weighted by Gasteiger charge is 2.10. The summed E-state index contributed by atoms with van der Waals surface area (Å²) < 4.78 is 0. The minimum absolute atomic E-state index is 0.0342. The number of carbonyl (C=O) groups is 2. The molecule has 0 fully saturated rings. The van der Waals surface area contributed by atoms with Crippen LogP contribution in [-0.4, -0.2) is 23.5 Å². The van der Waals surface area contributed by atoms with Crippen LogP contribution in [0.3, 0.4) is 0 Å². The number of carboxylic acid groups (broad SMARTS) is 1. The molecule has 0 spiro atoms. The molecule has 0 bridgehead atoms. The fourth-order valence-electron chi connectivity index (χ4n) is 1.69. The Balaban J connectivity index is 2.78. The lowest BCUT2D eigenvalue weighted by molar-refractivity contribution is -0.307. The Morgan fingerprint density at radius 2 is 1.83 bits per heavy atom. The van der Waals surface area contributed by atoms with E-state index in [4.69, 9.17) is 0 Å². The lowest BCUT2D eigenvalue weighted by Crippen LogP contribution is -2.36. The molecular formula is C14H16NO3-. The fourth-order valence-corrected chi connectivity index (χ4v) is 1.69. The minimum Gasteiger partial charge on any atom is -0.548 e. The Labute approximate surface area is 106 Å². The van der Waals surface area contributed by atoms with E-state index in [1.807, 2.05) is 30.3 Å². The van der Waals surface area contributed by atoms with Crippen molar-refractivity contribution in [2.45, 2.75) is 32.7 Å². The third kappa shape index (κ3) is 4.91. The molecule has 0 N–H and O–H groups in total. The monoisotopic (exact) mass is 246 g/mol. The van der Waals surface area contributed by atoms with Crippen LogP contribution in [0.15, 0.2) is 35.3 Å². The van der Waals surface area contributed by atoms with Crippen molar-refractivity contribution in [2.75, 3.05) is 0 Å². The summed E-state index contributed by atoms with van der Waals surface area (Å²) >= 11 is 0. The maximum atomic E-state index is 11.0. The molecule has 0 unspecified atom stereocenters. The van der Waals surface area contributed by atoms with Gasteiger partial charge in [-0.1, -0.05) is 30.3 Å². The van der Waals surface area contributed by atoms with Gasteiger partial charge in [-0.3, -0.25) is 9.79 Å². The molecule has 1 aromatic carbocycles. The van der Waals surface area contributed by atoms with Crippen LogP contribution >= 0.6 is 0 Å². The Hall–Kier alpha value is -1.97. The summed E-state index contributed by atoms with van der Waals surface area (Å²) in [7, 11) is 0. The smallest absolute Gasteiger partial charge is 0.135 e. The van der Waals surface area contributed by atoms with Crippen LogP contribution < -0.4 is 5.11 Å². The van der Waals surface area contributed by atoms with Crippen molar-refractivity contribution in [2.24, 2.45) is 4.99 Å². The Kier molecular flexibility index (Phi) is 5.24. The molecule has 1 aromatic rings. The third-order valence-electron chi connectivity index (χ3n) is 2.42. The number of hydrogen-bond acceptors (Lipinski definition) is 4. The molecule has 1 atom stereocenters. The number of carboxylic acids is 1. The molecule has 0 aliphatic rings. The average Bonchev–Trinajstić information content (AvgIpc) is 2.28. The molecule has 0 saturated carbocycles. The molecule has 0 saturated heterocycles. The second kappa shape index (κ2) is 6.69. The molecule has 4 heteroatoms. The van der Waals surface area contributed by atoms with Crippen LogP contribution in [0.1, 0.15) is 25.8 Å².